The lowest BCUT2D eigenvalue weighted by molar-refractivity contribution is 0.0725. The van der Waals surface area contributed by atoms with Crippen molar-refractivity contribution in [3.05, 3.63) is 57.8 Å². The summed E-state index contributed by atoms with van der Waals surface area (Å²) >= 11 is 0. The molecule has 24 heavy (non-hydrogen) atoms. The van der Waals surface area contributed by atoms with Crippen molar-refractivity contribution in [2.75, 3.05) is 20.6 Å². The molecule has 7 heteroatoms. The molecule has 0 saturated carbocycles. The summed E-state index contributed by atoms with van der Waals surface area (Å²) < 4.78 is 0. The molecule has 2 aromatic rings. The zero-order chi connectivity index (χ0) is 17.1. The minimum Gasteiger partial charge on any atom is -0.329 e. The van der Waals surface area contributed by atoms with Gasteiger partial charge in [-0.1, -0.05) is 6.07 Å². The molecule has 0 bridgehead atoms. The van der Waals surface area contributed by atoms with E-state index in [1.165, 1.54) is 12.1 Å². The number of rotatable bonds is 4. The van der Waals surface area contributed by atoms with Crippen molar-refractivity contribution in [2.24, 2.45) is 0 Å². The van der Waals surface area contributed by atoms with E-state index in [1.54, 1.807) is 4.90 Å². The Morgan fingerprint density at radius 3 is 2.79 bits per heavy atom. The highest BCUT2D eigenvalue weighted by Gasteiger charge is 2.32. The number of hydrogen-bond acceptors (Lipinski definition) is 5. The molecular weight excluding hydrogens is 306 g/mol. The van der Waals surface area contributed by atoms with Crippen molar-refractivity contribution in [1.29, 1.82) is 0 Å². The number of pyridine rings is 1. The summed E-state index contributed by atoms with van der Waals surface area (Å²) in [6.07, 6.45) is 3.69. The Hall–Kier alpha value is -2.54. The molecule has 3 rings (SSSR count). The molecule has 126 valence electrons. The number of carbonyl (C=O) groups is 1. The number of H-pyrrole nitrogens is 1. The quantitative estimate of drug-likeness (QED) is 0.912. The predicted molar refractivity (Wildman–Crippen MR) is 89.5 cm³/mol. The van der Waals surface area contributed by atoms with Gasteiger partial charge < -0.3 is 9.80 Å². The fourth-order valence-corrected chi connectivity index (χ4v) is 3.02. The van der Waals surface area contributed by atoms with Crippen LogP contribution in [-0.4, -0.2) is 51.5 Å². The third kappa shape index (κ3) is 3.51. The number of carbonyl (C=O) groups excluding carboxylic acids is 1. The number of amides is 1. The van der Waals surface area contributed by atoms with Crippen LogP contribution in [0.3, 0.4) is 0 Å². The first-order chi connectivity index (χ1) is 11.5. The first kappa shape index (κ1) is 16.3. The highest BCUT2D eigenvalue weighted by Crippen LogP contribution is 2.31. The molecule has 1 N–H and O–H groups in total. The molecule has 1 saturated heterocycles. The fraction of sp³-hybridized carbons (Fsp3) is 0.412. The summed E-state index contributed by atoms with van der Waals surface area (Å²) in [5, 5.41) is 6.15. The number of hydrogen-bond donors (Lipinski definition) is 1. The lowest BCUT2D eigenvalue weighted by Gasteiger charge is -2.24. The van der Waals surface area contributed by atoms with Crippen LogP contribution < -0.4 is 5.56 Å². The molecule has 0 unspecified atom stereocenters. The average Bonchev–Trinajstić information content (AvgIpc) is 3.04. The van der Waals surface area contributed by atoms with Gasteiger partial charge in [0.15, 0.2) is 0 Å². The monoisotopic (exact) mass is 327 g/mol. The molecule has 7 nitrogen and oxygen atoms in total. The maximum atomic E-state index is 12.7. The third-order valence-corrected chi connectivity index (χ3v) is 4.10. The lowest BCUT2D eigenvalue weighted by atomic mass is 10.1. The largest absolute Gasteiger partial charge is 0.329 e. The van der Waals surface area contributed by atoms with Crippen molar-refractivity contribution in [2.45, 2.75) is 25.4 Å². The summed E-state index contributed by atoms with van der Waals surface area (Å²) in [6.45, 7) is 1.51. The van der Waals surface area contributed by atoms with Gasteiger partial charge in [0.1, 0.15) is 5.69 Å². The van der Waals surface area contributed by atoms with Crippen molar-refractivity contribution in [1.82, 2.24) is 25.0 Å². The molecule has 1 atom stereocenters. The average molecular weight is 327 g/mol. The third-order valence-electron chi connectivity index (χ3n) is 4.10. The van der Waals surface area contributed by atoms with E-state index in [-0.39, 0.29) is 23.2 Å². The summed E-state index contributed by atoms with van der Waals surface area (Å²) in [6, 6.07) is 6.79. The second-order valence-corrected chi connectivity index (χ2v) is 6.29. The second kappa shape index (κ2) is 6.92. The number of nitrogens with zero attached hydrogens (tertiary/aromatic N) is 4. The van der Waals surface area contributed by atoms with Gasteiger partial charge in [-0.15, -0.1) is 0 Å². The second-order valence-electron chi connectivity index (χ2n) is 6.29. The van der Waals surface area contributed by atoms with E-state index in [0.29, 0.717) is 6.54 Å². The van der Waals surface area contributed by atoms with Gasteiger partial charge in [0.05, 0.1) is 11.7 Å². The van der Waals surface area contributed by atoms with E-state index in [4.69, 9.17) is 0 Å². The molecule has 0 aliphatic carbocycles. The van der Waals surface area contributed by atoms with Gasteiger partial charge in [0, 0.05) is 25.4 Å². The zero-order valence-corrected chi connectivity index (χ0v) is 13.9. The van der Waals surface area contributed by atoms with Crippen molar-refractivity contribution < 1.29 is 4.79 Å². The summed E-state index contributed by atoms with van der Waals surface area (Å²) in [5.41, 5.74) is 1.98. The van der Waals surface area contributed by atoms with Crippen LogP contribution in [0.15, 0.2) is 35.3 Å². The normalized spacial score (nSPS) is 17.5. The van der Waals surface area contributed by atoms with E-state index in [9.17, 15) is 9.59 Å². The molecule has 2 aromatic heterocycles. The maximum absolute atomic E-state index is 12.7. The zero-order valence-electron chi connectivity index (χ0n) is 13.9. The molecule has 1 amide bonds. The van der Waals surface area contributed by atoms with Crippen molar-refractivity contribution in [3.8, 4) is 0 Å². The Balaban J connectivity index is 1.78. The minimum absolute atomic E-state index is 0.0420. The van der Waals surface area contributed by atoms with E-state index in [0.717, 1.165) is 30.6 Å². The van der Waals surface area contributed by atoms with E-state index in [1.807, 2.05) is 26.4 Å². The van der Waals surface area contributed by atoms with Crippen LogP contribution in [0.1, 0.15) is 40.6 Å². The summed E-state index contributed by atoms with van der Waals surface area (Å²) in [5.74, 6) is -0.173. The van der Waals surface area contributed by atoms with Crippen LogP contribution in [0, 0.1) is 0 Å². The van der Waals surface area contributed by atoms with Gasteiger partial charge >= 0.3 is 0 Å². The number of aromatic amines is 1. The van der Waals surface area contributed by atoms with Crippen LogP contribution in [0.4, 0.5) is 0 Å². The molecular formula is C17H21N5O2. The molecule has 1 aliphatic rings. The standard InChI is InChI=1S/C17H21N5O2/c1-21(2)11-12-5-6-13(18-10-12)15-4-3-9-22(15)17(24)14-7-8-16(23)20-19-14/h5-8,10,15H,3-4,9,11H2,1-2H3,(H,20,23)/t15-/m0/s1. The Morgan fingerprint density at radius 2 is 2.17 bits per heavy atom. The van der Waals surface area contributed by atoms with Gasteiger partial charge in [-0.05, 0) is 44.6 Å². The van der Waals surface area contributed by atoms with Crippen LogP contribution in [0.5, 0.6) is 0 Å². The number of aromatic nitrogens is 3. The Bertz CT molecular complexity index is 749. The van der Waals surface area contributed by atoms with E-state index in [2.05, 4.69) is 26.1 Å². The van der Waals surface area contributed by atoms with Crippen molar-refractivity contribution >= 4 is 5.91 Å². The lowest BCUT2D eigenvalue weighted by Crippen LogP contribution is -2.32. The number of likely N-dealkylation sites (tertiary alicyclic amines) is 1. The Morgan fingerprint density at radius 1 is 1.33 bits per heavy atom. The molecule has 1 aliphatic heterocycles. The Kier molecular flexibility index (Phi) is 4.71. The molecule has 1 fully saturated rings. The van der Waals surface area contributed by atoms with Gasteiger partial charge in [-0.2, -0.15) is 5.10 Å². The smallest absolute Gasteiger partial charge is 0.274 e. The predicted octanol–water partition coefficient (Wildman–Crippen LogP) is 1.20. The Labute approximate surface area is 140 Å². The summed E-state index contributed by atoms with van der Waals surface area (Å²) in [7, 11) is 4.03. The highest BCUT2D eigenvalue weighted by molar-refractivity contribution is 5.92. The van der Waals surface area contributed by atoms with Crippen LogP contribution in [0.2, 0.25) is 0 Å². The van der Waals surface area contributed by atoms with Crippen LogP contribution in [0.25, 0.3) is 0 Å². The first-order valence-corrected chi connectivity index (χ1v) is 8.01. The van der Waals surface area contributed by atoms with E-state index < -0.39 is 0 Å². The van der Waals surface area contributed by atoms with Gasteiger partial charge in [-0.3, -0.25) is 14.6 Å². The maximum Gasteiger partial charge on any atom is 0.274 e. The van der Waals surface area contributed by atoms with Crippen molar-refractivity contribution in [3.63, 3.8) is 0 Å². The van der Waals surface area contributed by atoms with Gasteiger partial charge in [-0.25, -0.2) is 5.10 Å². The molecule has 3 heterocycles. The highest BCUT2D eigenvalue weighted by atomic mass is 16.2. The summed E-state index contributed by atoms with van der Waals surface area (Å²) in [4.78, 5) is 32.2. The van der Waals surface area contributed by atoms with Gasteiger partial charge in [0.2, 0.25) is 0 Å². The fourth-order valence-electron chi connectivity index (χ4n) is 3.02. The SMILES string of the molecule is CN(C)Cc1ccc([C@@H]2CCCN2C(=O)c2ccc(=O)[nH]n2)nc1. The topological polar surface area (TPSA) is 82.2 Å². The van der Waals surface area contributed by atoms with Crippen LogP contribution in [-0.2, 0) is 6.54 Å². The number of nitrogens with one attached hydrogen (secondary N) is 1. The molecule has 0 spiro atoms. The van der Waals surface area contributed by atoms with Crippen LogP contribution >= 0.6 is 0 Å². The first-order valence-electron chi connectivity index (χ1n) is 8.01. The molecule has 0 radical (unpaired) electrons. The molecule has 0 aromatic carbocycles. The van der Waals surface area contributed by atoms with Gasteiger partial charge in [0.25, 0.3) is 11.5 Å². The van der Waals surface area contributed by atoms with E-state index >= 15 is 0 Å². The minimum atomic E-state index is -0.317.